The standard InChI is InChI=1S/C11H16N4OS/c1-8-7-17-5-4-15(8)9-2-3-13-10(6-9)11(12)14-16/h2-3,6,8,16H,4-5,7H2,1H3,(H2,12,14). The highest BCUT2D eigenvalue weighted by Gasteiger charge is 2.19. The molecule has 0 bridgehead atoms. The molecule has 0 aromatic carbocycles. The zero-order valence-electron chi connectivity index (χ0n) is 9.71. The number of amidine groups is 1. The maximum atomic E-state index is 8.65. The van der Waals surface area contributed by atoms with Crippen LogP contribution in [0.2, 0.25) is 0 Å². The van der Waals surface area contributed by atoms with Crippen LogP contribution in [-0.2, 0) is 0 Å². The van der Waals surface area contributed by atoms with Crippen molar-refractivity contribution in [2.45, 2.75) is 13.0 Å². The maximum absolute atomic E-state index is 8.65. The van der Waals surface area contributed by atoms with Crippen molar-refractivity contribution < 1.29 is 5.21 Å². The highest BCUT2D eigenvalue weighted by atomic mass is 32.2. The molecule has 5 nitrogen and oxygen atoms in total. The second-order valence-corrected chi connectivity index (χ2v) is 5.15. The number of nitrogens with zero attached hydrogens (tertiary/aromatic N) is 3. The van der Waals surface area contributed by atoms with Crippen molar-refractivity contribution in [3.8, 4) is 0 Å². The number of pyridine rings is 1. The fourth-order valence-electron chi connectivity index (χ4n) is 1.90. The first kappa shape index (κ1) is 12.0. The van der Waals surface area contributed by atoms with E-state index >= 15 is 0 Å². The minimum Gasteiger partial charge on any atom is -0.409 e. The predicted octanol–water partition coefficient (Wildman–Crippen LogP) is 1.12. The monoisotopic (exact) mass is 252 g/mol. The zero-order valence-corrected chi connectivity index (χ0v) is 10.5. The first-order valence-electron chi connectivity index (χ1n) is 5.50. The van der Waals surface area contributed by atoms with E-state index in [0.29, 0.717) is 11.7 Å². The number of hydrogen-bond donors (Lipinski definition) is 2. The molecule has 6 heteroatoms. The van der Waals surface area contributed by atoms with Crippen molar-refractivity contribution in [1.82, 2.24) is 4.98 Å². The minimum atomic E-state index is 0.0471. The van der Waals surface area contributed by atoms with Gasteiger partial charge in [0.2, 0.25) is 0 Å². The van der Waals surface area contributed by atoms with E-state index in [1.165, 1.54) is 0 Å². The average Bonchev–Trinajstić information content (AvgIpc) is 2.38. The molecule has 0 amide bonds. The van der Waals surface area contributed by atoms with E-state index in [-0.39, 0.29) is 5.84 Å². The van der Waals surface area contributed by atoms with Crippen LogP contribution in [0.3, 0.4) is 0 Å². The molecule has 17 heavy (non-hydrogen) atoms. The van der Waals surface area contributed by atoms with E-state index in [4.69, 9.17) is 10.9 Å². The third-order valence-corrected chi connectivity index (χ3v) is 4.00. The number of hydrogen-bond acceptors (Lipinski definition) is 5. The molecule has 0 saturated carbocycles. The molecule has 2 heterocycles. The van der Waals surface area contributed by atoms with Crippen molar-refractivity contribution in [3.05, 3.63) is 24.0 Å². The van der Waals surface area contributed by atoms with Gasteiger partial charge in [-0.05, 0) is 19.1 Å². The molecule has 3 N–H and O–H groups in total. The van der Waals surface area contributed by atoms with Gasteiger partial charge in [0, 0.05) is 36.0 Å². The van der Waals surface area contributed by atoms with Gasteiger partial charge in [0.15, 0.2) is 5.84 Å². The summed E-state index contributed by atoms with van der Waals surface area (Å²) in [6.07, 6.45) is 1.69. The van der Waals surface area contributed by atoms with Gasteiger partial charge in [0.05, 0.1) is 0 Å². The van der Waals surface area contributed by atoms with Crippen LogP contribution in [0.15, 0.2) is 23.5 Å². The quantitative estimate of drug-likeness (QED) is 0.357. The zero-order chi connectivity index (χ0) is 12.3. The molecule has 1 saturated heterocycles. The second kappa shape index (κ2) is 5.27. The van der Waals surface area contributed by atoms with Crippen LogP contribution in [0, 0.1) is 0 Å². The molecule has 1 unspecified atom stereocenters. The van der Waals surface area contributed by atoms with E-state index in [0.717, 1.165) is 23.7 Å². The molecule has 1 fully saturated rings. The van der Waals surface area contributed by atoms with Gasteiger partial charge in [0.1, 0.15) is 5.69 Å². The summed E-state index contributed by atoms with van der Waals surface area (Å²) in [5.41, 5.74) is 7.13. The molecule has 1 aliphatic heterocycles. The average molecular weight is 252 g/mol. The molecule has 1 atom stereocenters. The summed E-state index contributed by atoms with van der Waals surface area (Å²) in [5, 5.41) is 11.6. The first-order valence-corrected chi connectivity index (χ1v) is 6.66. The van der Waals surface area contributed by atoms with Gasteiger partial charge in [-0.25, -0.2) is 0 Å². The Morgan fingerprint density at radius 2 is 2.53 bits per heavy atom. The van der Waals surface area contributed by atoms with E-state index in [1.54, 1.807) is 6.20 Å². The summed E-state index contributed by atoms with van der Waals surface area (Å²) >= 11 is 1.97. The third kappa shape index (κ3) is 2.63. The lowest BCUT2D eigenvalue weighted by atomic mass is 10.2. The Hall–Kier alpha value is -1.43. The largest absolute Gasteiger partial charge is 0.409 e. The molecule has 1 aromatic heterocycles. The van der Waals surface area contributed by atoms with Crippen molar-refractivity contribution in [1.29, 1.82) is 0 Å². The van der Waals surface area contributed by atoms with E-state index < -0.39 is 0 Å². The second-order valence-electron chi connectivity index (χ2n) is 4.00. The Labute approximate surface area is 105 Å². The van der Waals surface area contributed by atoms with Crippen LogP contribution >= 0.6 is 11.8 Å². The summed E-state index contributed by atoms with van der Waals surface area (Å²) < 4.78 is 0. The molecule has 0 spiro atoms. The Kier molecular flexibility index (Phi) is 3.73. The van der Waals surface area contributed by atoms with Gasteiger partial charge in [-0.2, -0.15) is 11.8 Å². The number of aromatic nitrogens is 1. The van der Waals surface area contributed by atoms with E-state index in [9.17, 15) is 0 Å². The summed E-state index contributed by atoms with van der Waals surface area (Å²) in [7, 11) is 0. The molecule has 0 aliphatic carbocycles. The van der Waals surface area contributed by atoms with Crippen LogP contribution in [-0.4, -0.2) is 40.1 Å². The lowest BCUT2D eigenvalue weighted by Gasteiger charge is -2.35. The molecule has 1 aromatic rings. The molecular weight excluding hydrogens is 236 g/mol. The summed E-state index contributed by atoms with van der Waals surface area (Å²) in [6.45, 7) is 3.22. The maximum Gasteiger partial charge on any atom is 0.188 e. The molecule has 92 valence electrons. The summed E-state index contributed by atoms with van der Waals surface area (Å²) in [4.78, 5) is 6.41. The molecule has 1 aliphatic rings. The lowest BCUT2D eigenvalue weighted by Crippen LogP contribution is -2.40. The number of rotatable bonds is 2. The normalized spacial score (nSPS) is 21.6. The Morgan fingerprint density at radius 3 is 3.24 bits per heavy atom. The molecular formula is C11H16N4OS. The fourth-order valence-corrected chi connectivity index (χ4v) is 2.91. The summed E-state index contributed by atoms with van der Waals surface area (Å²) in [5.74, 6) is 2.30. The molecule has 0 radical (unpaired) electrons. The van der Waals surface area contributed by atoms with Crippen molar-refractivity contribution >= 4 is 23.3 Å². The Bertz CT molecular complexity index is 424. The minimum absolute atomic E-state index is 0.0471. The fraction of sp³-hybridized carbons (Fsp3) is 0.455. The van der Waals surface area contributed by atoms with Crippen LogP contribution < -0.4 is 10.6 Å². The van der Waals surface area contributed by atoms with Crippen molar-refractivity contribution in [3.63, 3.8) is 0 Å². The van der Waals surface area contributed by atoms with E-state index in [1.807, 2.05) is 23.9 Å². The summed E-state index contributed by atoms with van der Waals surface area (Å²) in [6, 6.07) is 4.32. The SMILES string of the molecule is CC1CSCCN1c1ccnc(C(N)=NO)c1. The van der Waals surface area contributed by atoms with Gasteiger partial charge in [-0.3, -0.25) is 4.98 Å². The van der Waals surface area contributed by atoms with Crippen LogP contribution in [0.5, 0.6) is 0 Å². The van der Waals surface area contributed by atoms with Gasteiger partial charge in [-0.1, -0.05) is 5.16 Å². The Morgan fingerprint density at radius 1 is 1.71 bits per heavy atom. The third-order valence-electron chi connectivity index (χ3n) is 2.81. The highest BCUT2D eigenvalue weighted by Crippen LogP contribution is 2.23. The number of anilines is 1. The number of nitrogens with two attached hydrogens (primary N) is 1. The van der Waals surface area contributed by atoms with Gasteiger partial charge >= 0.3 is 0 Å². The van der Waals surface area contributed by atoms with Crippen molar-refractivity contribution in [2.75, 3.05) is 23.0 Å². The predicted molar refractivity (Wildman–Crippen MR) is 70.9 cm³/mol. The van der Waals surface area contributed by atoms with Gasteiger partial charge < -0.3 is 15.8 Å². The number of oxime groups is 1. The topological polar surface area (TPSA) is 74.7 Å². The smallest absolute Gasteiger partial charge is 0.188 e. The molecule has 2 rings (SSSR count). The van der Waals surface area contributed by atoms with Gasteiger partial charge in [-0.15, -0.1) is 0 Å². The van der Waals surface area contributed by atoms with Crippen LogP contribution in [0.4, 0.5) is 5.69 Å². The highest BCUT2D eigenvalue weighted by molar-refractivity contribution is 7.99. The lowest BCUT2D eigenvalue weighted by molar-refractivity contribution is 0.318. The van der Waals surface area contributed by atoms with Crippen LogP contribution in [0.25, 0.3) is 0 Å². The van der Waals surface area contributed by atoms with E-state index in [2.05, 4.69) is 22.0 Å². The van der Waals surface area contributed by atoms with Gasteiger partial charge in [0.25, 0.3) is 0 Å². The number of thioether (sulfide) groups is 1. The van der Waals surface area contributed by atoms with Crippen molar-refractivity contribution in [2.24, 2.45) is 10.9 Å². The van der Waals surface area contributed by atoms with Crippen LogP contribution in [0.1, 0.15) is 12.6 Å². The Balaban J connectivity index is 2.26. The first-order chi connectivity index (χ1) is 8.22.